The van der Waals surface area contributed by atoms with Gasteiger partial charge < -0.3 is 4.90 Å². The van der Waals surface area contributed by atoms with E-state index >= 15 is 0 Å². The molecule has 0 bridgehead atoms. The third-order valence-corrected chi connectivity index (χ3v) is 15.2. The highest BCUT2D eigenvalue weighted by atomic mass is 15.3. The summed E-state index contributed by atoms with van der Waals surface area (Å²) in [5, 5.41) is 13.1. The van der Waals surface area contributed by atoms with E-state index in [-0.39, 0.29) is 11.0 Å². The standard InChI is InChI=1S/C58H47N/c1-36-37(2)56-53(57(3)32-12-13-33-58(57,4)59(56)41-20-6-5-7-21-41)35-50(36)52-34-51(45-25-15-19-39-17-9-11-23-43(39)45)48-29-27-40-26-28-46(47-30-31-49(52)55(48)54(40)47)44-24-14-18-38-16-8-10-22-42(38)44/h5-11,14-31,34-35H,12-13,32-33H2,1-4H3. The Bertz CT molecular complexity index is 3330. The lowest BCUT2D eigenvalue weighted by molar-refractivity contribution is 0.195. The minimum absolute atomic E-state index is 0.0131. The largest absolute Gasteiger partial charge is 0.334 e. The monoisotopic (exact) mass is 757 g/mol. The first-order valence-corrected chi connectivity index (χ1v) is 21.6. The molecule has 0 radical (unpaired) electrons. The van der Waals surface area contributed by atoms with Crippen LogP contribution >= 0.6 is 0 Å². The van der Waals surface area contributed by atoms with Gasteiger partial charge in [-0.3, -0.25) is 0 Å². The quantitative estimate of drug-likeness (QED) is 0.162. The Morgan fingerprint density at radius 1 is 0.407 bits per heavy atom. The Kier molecular flexibility index (Phi) is 7.35. The number of nitrogens with zero attached hydrogens (tertiary/aromatic N) is 1. The lowest BCUT2D eigenvalue weighted by Gasteiger charge is -2.50. The maximum absolute atomic E-state index is 2.74. The number of fused-ring (bicyclic) bond motifs is 5. The maximum atomic E-state index is 2.74. The molecule has 2 atom stereocenters. The van der Waals surface area contributed by atoms with Crippen LogP contribution in [0.5, 0.6) is 0 Å². The van der Waals surface area contributed by atoms with E-state index in [1.807, 2.05) is 0 Å². The van der Waals surface area contributed by atoms with Crippen molar-refractivity contribution in [1.82, 2.24) is 0 Å². The van der Waals surface area contributed by atoms with Gasteiger partial charge in [0, 0.05) is 16.8 Å². The zero-order valence-corrected chi connectivity index (χ0v) is 34.4. The molecular formula is C58H47N. The van der Waals surface area contributed by atoms with Gasteiger partial charge in [-0.15, -0.1) is 0 Å². The molecule has 2 unspecified atom stereocenters. The van der Waals surface area contributed by atoms with Crippen molar-refractivity contribution in [3.05, 3.63) is 180 Å². The zero-order chi connectivity index (χ0) is 39.6. The van der Waals surface area contributed by atoms with E-state index in [1.54, 1.807) is 0 Å². The molecule has 12 rings (SSSR count). The summed E-state index contributed by atoms with van der Waals surface area (Å²) in [6.07, 6.45) is 4.90. The van der Waals surface area contributed by atoms with Crippen molar-refractivity contribution in [3.63, 3.8) is 0 Å². The second kappa shape index (κ2) is 12.5. The first-order chi connectivity index (χ1) is 28.9. The van der Waals surface area contributed by atoms with E-state index in [9.17, 15) is 0 Å². The highest BCUT2D eigenvalue weighted by Gasteiger charge is 2.58. The summed E-state index contributed by atoms with van der Waals surface area (Å²) < 4.78 is 0. The summed E-state index contributed by atoms with van der Waals surface area (Å²) in [4.78, 5) is 2.74. The second-order valence-corrected chi connectivity index (χ2v) is 17.9. The molecule has 0 saturated heterocycles. The Labute approximate surface area is 346 Å². The molecule has 284 valence electrons. The normalized spacial score (nSPS) is 19.0. The number of hydrogen-bond donors (Lipinski definition) is 0. The van der Waals surface area contributed by atoms with E-state index in [0.29, 0.717) is 0 Å². The van der Waals surface area contributed by atoms with Crippen LogP contribution in [0.1, 0.15) is 56.2 Å². The average molecular weight is 758 g/mol. The van der Waals surface area contributed by atoms with Gasteiger partial charge in [-0.1, -0.05) is 159 Å². The van der Waals surface area contributed by atoms with Gasteiger partial charge in [0.15, 0.2) is 0 Å². The Morgan fingerprint density at radius 2 is 0.949 bits per heavy atom. The van der Waals surface area contributed by atoms with E-state index < -0.39 is 0 Å². The van der Waals surface area contributed by atoms with Gasteiger partial charge in [0.25, 0.3) is 0 Å². The molecule has 10 aromatic carbocycles. The van der Waals surface area contributed by atoms with Crippen molar-refractivity contribution in [1.29, 1.82) is 0 Å². The highest BCUT2D eigenvalue weighted by Crippen LogP contribution is 2.63. The molecule has 1 heteroatoms. The molecule has 1 aliphatic carbocycles. The summed E-state index contributed by atoms with van der Waals surface area (Å²) in [5.74, 6) is 0. The fourth-order valence-electron chi connectivity index (χ4n) is 11.9. The van der Waals surface area contributed by atoms with Gasteiger partial charge in [0.05, 0.1) is 5.54 Å². The minimum Gasteiger partial charge on any atom is -0.334 e. The summed E-state index contributed by atoms with van der Waals surface area (Å²) in [6, 6.07) is 62.0. The van der Waals surface area contributed by atoms with Gasteiger partial charge in [0.2, 0.25) is 0 Å². The number of benzene rings is 10. The van der Waals surface area contributed by atoms with E-state index in [4.69, 9.17) is 0 Å². The van der Waals surface area contributed by atoms with Gasteiger partial charge in [0.1, 0.15) is 0 Å². The molecule has 1 fully saturated rings. The van der Waals surface area contributed by atoms with Crippen molar-refractivity contribution in [2.75, 3.05) is 4.90 Å². The van der Waals surface area contributed by atoms with Crippen LogP contribution in [0.2, 0.25) is 0 Å². The molecule has 1 nitrogen and oxygen atoms in total. The second-order valence-electron chi connectivity index (χ2n) is 17.9. The summed E-state index contributed by atoms with van der Waals surface area (Å²) in [7, 11) is 0. The molecule has 1 heterocycles. The molecule has 1 aliphatic heterocycles. The predicted octanol–water partition coefficient (Wildman–Crippen LogP) is 16.3. The number of rotatable bonds is 4. The molecule has 10 aromatic rings. The molecule has 0 amide bonds. The predicted molar refractivity (Wildman–Crippen MR) is 254 cm³/mol. The van der Waals surface area contributed by atoms with Crippen molar-refractivity contribution >= 4 is 65.2 Å². The third-order valence-electron chi connectivity index (χ3n) is 15.2. The van der Waals surface area contributed by atoms with E-state index in [0.717, 1.165) is 0 Å². The van der Waals surface area contributed by atoms with Gasteiger partial charge in [-0.2, -0.15) is 0 Å². The van der Waals surface area contributed by atoms with Crippen LogP contribution in [0.15, 0.2) is 164 Å². The van der Waals surface area contributed by atoms with Crippen LogP contribution in [0.3, 0.4) is 0 Å². The summed E-state index contributed by atoms with van der Waals surface area (Å²) in [6.45, 7) is 9.91. The summed E-state index contributed by atoms with van der Waals surface area (Å²) in [5.41, 5.74) is 14.8. The molecule has 1 saturated carbocycles. The van der Waals surface area contributed by atoms with E-state index in [1.165, 1.54) is 141 Å². The zero-order valence-electron chi connectivity index (χ0n) is 34.4. The number of hydrogen-bond acceptors (Lipinski definition) is 1. The van der Waals surface area contributed by atoms with Gasteiger partial charge >= 0.3 is 0 Å². The third kappa shape index (κ3) is 4.68. The first-order valence-electron chi connectivity index (χ1n) is 21.6. The van der Waals surface area contributed by atoms with Crippen LogP contribution < -0.4 is 4.90 Å². The Morgan fingerprint density at radius 3 is 1.66 bits per heavy atom. The molecular weight excluding hydrogens is 711 g/mol. The van der Waals surface area contributed by atoms with Crippen LogP contribution in [-0.2, 0) is 5.41 Å². The molecule has 0 N–H and O–H groups in total. The SMILES string of the molecule is Cc1c(-c2cc(-c3cccc4ccccc34)c3ccc4ccc(-c5cccc6ccccc56)c5ccc2c3c45)cc2c(c1C)N(c1ccccc1)C1(C)CCCCC21C. The van der Waals surface area contributed by atoms with Crippen LogP contribution in [0.25, 0.3) is 87.2 Å². The van der Waals surface area contributed by atoms with Crippen LogP contribution in [-0.4, -0.2) is 5.54 Å². The summed E-state index contributed by atoms with van der Waals surface area (Å²) >= 11 is 0. The van der Waals surface area contributed by atoms with E-state index in [2.05, 4.69) is 196 Å². The fraction of sp³-hybridized carbons (Fsp3) is 0.172. The van der Waals surface area contributed by atoms with Gasteiger partial charge in [-0.25, -0.2) is 0 Å². The number of para-hydroxylation sites is 1. The average Bonchev–Trinajstić information content (AvgIpc) is 3.49. The van der Waals surface area contributed by atoms with Crippen molar-refractivity contribution < 1.29 is 0 Å². The smallest absolute Gasteiger partial charge is 0.0518 e. The van der Waals surface area contributed by atoms with Crippen molar-refractivity contribution in [3.8, 4) is 33.4 Å². The lowest BCUT2D eigenvalue weighted by Crippen LogP contribution is -2.54. The van der Waals surface area contributed by atoms with Crippen LogP contribution in [0.4, 0.5) is 11.4 Å². The lowest BCUT2D eigenvalue weighted by atomic mass is 9.61. The molecule has 0 aromatic heterocycles. The van der Waals surface area contributed by atoms with Crippen molar-refractivity contribution in [2.45, 2.75) is 64.3 Å². The fourth-order valence-corrected chi connectivity index (χ4v) is 11.9. The Balaban J connectivity index is 1.20. The minimum atomic E-state index is -0.0143. The molecule has 0 spiro atoms. The highest BCUT2D eigenvalue weighted by molar-refractivity contribution is 6.31. The maximum Gasteiger partial charge on any atom is 0.0518 e. The topological polar surface area (TPSA) is 3.24 Å². The molecule has 2 aliphatic rings. The van der Waals surface area contributed by atoms with Gasteiger partial charge in [-0.05, 0) is 162 Å². The van der Waals surface area contributed by atoms with Crippen LogP contribution in [0, 0.1) is 13.8 Å². The molecule has 59 heavy (non-hydrogen) atoms. The number of anilines is 2. The Hall–Kier alpha value is -6.44. The first kappa shape index (κ1) is 34.6. The van der Waals surface area contributed by atoms with Crippen molar-refractivity contribution in [2.24, 2.45) is 0 Å².